The molecule has 0 unspecified atom stereocenters. The normalized spacial score (nSPS) is 10.2. The van der Waals surface area contributed by atoms with Gasteiger partial charge < -0.3 is 4.42 Å². The predicted molar refractivity (Wildman–Crippen MR) is 51.1 cm³/mol. The van der Waals surface area contributed by atoms with Crippen molar-refractivity contribution < 1.29 is 9.34 Å². The van der Waals surface area contributed by atoms with Crippen LogP contribution in [0.2, 0.25) is 0 Å². The summed E-state index contributed by atoms with van der Waals surface area (Å²) in [5.74, 6) is 0.715. The van der Waals surface area contributed by atoms with E-state index in [1.807, 2.05) is 0 Å². The highest BCUT2D eigenvalue weighted by atomic mass is 16.6. The number of aryl methyl sites for hydroxylation is 1. The predicted octanol–water partition coefficient (Wildman–Crippen LogP) is 1.95. The Labute approximate surface area is 84.7 Å². The summed E-state index contributed by atoms with van der Waals surface area (Å²) >= 11 is 0. The number of hydrogen-bond donors (Lipinski definition) is 0. The molecule has 1 aromatic heterocycles. The standard InChI is InChI=1S/C9H7N3O3/c1-6-10-11-9(15-6)7-3-2-4-8(5-7)12(13)14/h2-5H,1H3. The smallest absolute Gasteiger partial charge is 0.270 e. The maximum Gasteiger partial charge on any atom is 0.270 e. The molecule has 0 fully saturated rings. The lowest BCUT2D eigenvalue weighted by Gasteiger charge is -1.94. The zero-order valence-corrected chi connectivity index (χ0v) is 7.88. The van der Waals surface area contributed by atoms with Gasteiger partial charge in [0.25, 0.3) is 5.69 Å². The Hall–Kier alpha value is -2.24. The van der Waals surface area contributed by atoms with Crippen LogP contribution < -0.4 is 0 Å². The molecular weight excluding hydrogens is 198 g/mol. The lowest BCUT2D eigenvalue weighted by atomic mass is 10.2. The first kappa shape index (κ1) is 9.32. The Bertz CT molecular complexity index is 507. The van der Waals surface area contributed by atoms with E-state index in [1.54, 1.807) is 19.1 Å². The van der Waals surface area contributed by atoms with Crippen LogP contribution >= 0.6 is 0 Å². The van der Waals surface area contributed by atoms with E-state index in [9.17, 15) is 10.1 Å². The van der Waals surface area contributed by atoms with Gasteiger partial charge in [-0.1, -0.05) is 6.07 Å². The summed E-state index contributed by atoms with van der Waals surface area (Å²) in [6.07, 6.45) is 0. The Morgan fingerprint density at radius 1 is 1.40 bits per heavy atom. The van der Waals surface area contributed by atoms with Crippen molar-refractivity contribution in [2.24, 2.45) is 0 Å². The number of nitro benzene ring substituents is 1. The quantitative estimate of drug-likeness (QED) is 0.552. The Balaban J connectivity index is 2.45. The molecule has 0 atom stereocenters. The fraction of sp³-hybridized carbons (Fsp3) is 0.111. The number of hydrogen-bond acceptors (Lipinski definition) is 5. The first-order chi connectivity index (χ1) is 7.16. The van der Waals surface area contributed by atoms with Gasteiger partial charge in [-0.3, -0.25) is 10.1 Å². The molecule has 0 spiro atoms. The number of nitro groups is 1. The van der Waals surface area contributed by atoms with Crippen molar-refractivity contribution in [1.29, 1.82) is 0 Å². The van der Waals surface area contributed by atoms with Crippen LogP contribution in [0.25, 0.3) is 11.5 Å². The van der Waals surface area contributed by atoms with Crippen LogP contribution in [0, 0.1) is 17.0 Å². The van der Waals surface area contributed by atoms with Crippen LogP contribution in [-0.2, 0) is 0 Å². The zero-order chi connectivity index (χ0) is 10.8. The topological polar surface area (TPSA) is 82.1 Å². The third kappa shape index (κ3) is 1.83. The molecule has 0 N–H and O–H groups in total. The largest absolute Gasteiger partial charge is 0.421 e. The molecule has 76 valence electrons. The molecule has 15 heavy (non-hydrogen) atoms. The van der Waals surface area contributed by atoms with Crippen molar-refractivity contribution in [3.8, 4) is 11.5 Å². The van der Waals surface area contributed by atoms with Crippen LogP contribution in [0.5, 0.6) is 0 Å². The molecule has 0 aliphatic heterocycles. The van der Waals surface area contributed by atoms with Gasteiger partial charge in [0.1, 0.15) is 0 Å². The van der Waals surface area contributed by atoms with Gasteiger partial charge in [0.15, 0.2) is 0 Å². The summed E-state index contributed by atoms with van der Waals surface area (Å²) in [6.45, 7) is 1.66. The van der Waals surface area contributed by atoms with Crippen LogP contribution in [0.1, 0.15) is 5.89 Å². The number of rotatable bonds is 2. The summed E-state index contributed by atoms with van der Waals surface area (Å²) in [6, 6.07) is 6.06. The second kappa shape index (κ2) is 3.49. The molecule has 1 heterocycles. The van der Waals surface area contributed by atoms with E-state index in [1.165, 1.54) is 12.1 Å². The molecule has 2 rings (SSSR count). The van der Waals surface area contributed by atoms with E-state index >= 15 is 0 Å². The van der Waals surface area contributed by atoms with Crippen molar-refractivity contribution in [1.82, 2.24) is 10.2 Å². The summed E-state index contributed by atoms with van der Waals surface area (Å²) in [5, 5.41) is 18.0. The van der Waals surface area contributed by atoms with Crippen molar-refractivity contribution in [3.63, 3.8) is 0 Å². The molecule has 2 aromatic rings. The van der Waals surface area contributed by atoms with Crippen LogP contribution in [0.4, 0.5) is 5.69 Å². The molecule has 6 nitrogen and oxygen atoms in total. The van der Waals surface area contributed by atoms with Gasteiger partial charge in [-0.25, -0.2) is 0 Å². The number of nitrogens with zero attached hydrogens (tertiary/aromatic N) is 3. The van der Waals surface area contributed by atoms with Crippen molar-refractivity contribution in [3.05, 3.63) is 40.3 Å². The van der Waals surface area contributed by atoms with E-state index in [-0.39, 0.29) is 11.6 Å². The highest BCUT2D eigenvalue weighted by molar-refractivity contribution is 5.57. The average Bonchev–Trinajstić information content (AvgIpc) is 2.65. The molecule has 0 amide bonds. The van der Waals surface area contributed by atoms with E-state index < -0.39 is 4.92 Å². The maximum absolute atomic E-state index is 10.5. The molecular formula is C9H7N3O3. The monoisotopic (exact) mass is 205 g/mol. The second-order valence-electron chi connectivity index (χ2n) is 2.93. The molecule has 0 aliphatic rings. The molecule has 0 bridgehead atoms. The van der Waals surface area contributed by atoms with Crippen molar-refractivity contribution in [2.45, 2.75) is 6.92 Å². The lowest BCUT2D eigenvalue weighted by Crippen LogP contribution is -1.88. The minimum atomic E-state index is -0.466. The minimum Gasteiger partial charge on any atom is -0.421 e. The SMILES string of the molecule is Cc1nnc(-c2cccc([N+](=O)[O-])c2)o1. The van der Waals surface area contributed by atoms with Gasteiger partial charge in [0.2, 0.25) is 11.8 Å². The highest BCUT2D eigenvalue weighted by Gasteiger charge is 2.10. The summed E-state index contributed by atoms with van der Waals surface area (Å²) < 4.78 is 5.16. The molecule has 1 aromatic carbocycles. The Morgan fingerprint density at radius 2 is 2.20 bits per heavy atom. The lowest BCUT2D eigenvalue weighted by molar-refractivity contribution is -0.384. The Morgan fingerprint density at radius 3 is 2.80 bits per heavy atom. The van der Waals surface area contributed by atoms with Crippen LogP contribution in [0.3, 0.4) is 0 Å². The highest BCUT2D eigenvalue weighted by Crippen LogP contribution is 2.22. The van der Waals surface area contributed by atoms with E-state index in [2.05, 4.69) is 10.2 Å². The zero-order valence-electron chi connectivity index (χ0n) is 7.88. The van der Waals surface area contributed by atoms with Crippen molar-refractivity contribution in [2.75, 3.05) is 0 Å². The molecule has 0 saturated carbocycles. The molecule has 0 saturated heterocycles. The maximum atomic E-state index is 10.5. The average molecular weight is 205 g/mol. The molecule has 0 radical (unpaired) electrons. The van der Waals surface area contributed by atoms with Crippen LogP contribution in [0.15, 0.2) is 28.7 Å². The van der Waals surface area contributed by atoms with E-state index in [0.717, 1.165) is 0 Å². The van der Waals surface area contributed by atoms with E-state index in [4.69, 9.17) is 4.42 Å². The molecule has 6 heteroatoms. The van der Waals surface area contributed by atoms with Gasteiger partial charge in [-0.15, -0.1) is 10.2 Å². The van der Waals surface area contributed by atoms with Gasteiger partial charge in [-0.05, 0) is 6.07 Å². The second-order valence-corrected chi connectivity index (χ2v) is 2.93. The van der Waals surface area contributed by atoms with E-state index in [0.29, 0.717) is 11.5 Å². The van der Waals surface area contributed by atoms with Gasteiger partial charge in [0, 0.05) is 24.6 Å². The van der Waals surface area contributed by atoms with Gasteiger partial charge in [-0.2, -0.15) is 0 Å². The third-order valence-electron chi connectivity index (χ3n) is 1.83. The van der Waals surface area contributed by atoms with Crippen molar-refractivity contribution >= 4 is 5.69 Å². The van der Waals surface area contributed by atoms with Gasteiger partial charge in [0.05, 0.1) is 4.92 Å². The first-order valence-electron chi connectivity index (χ1n) is 4.22. The Kier molecular flexibility index (Phi) is 2.17. The number of benzene rings is 1. The fourth-order valence-electron chi connectivity index (χ4n) is 1.17. The number of aromatic nitrogens is 2. The third-order valence-corrected chi connectivity index (χ3v) is 1.83. The fourth-order valence-corrected chi connectivity index (χ4v) is 1.17. The van der Waals surface area contributed by atoms with Gasteiger partial charge >= 0.3 is 0 Å². The minimum absolute atomic E-state index is 0.00310. The number of non-ortho nitro benzene ring substituents is 1. The van der Waals surface area contributed by atoms with Crippen LogP contribution in [-0.4, -0.2) is 15.1 Å². The first-order valence-corrected chi connectivity index (χ1v) is 4.22. The summed E-state index contributed by atoms with van der Waals surface area (Å²) in [7, 11) is 0. The molecule has 0 aliphatic carbocycles. The summed E-state index contributed by atoms with van der Waals surface area (Å²) in [4.78, 5) is 10.1. The summed E-state index contributed by atoms with van der Waals surface area (Å²) in [5.41, 5.74) is 0.549.